The van der Waals surface area contributed by atoms with E-state index in [-0.39, 0.29) is 17.0 Å². The molecule has 0 aliphatic carbocycles. The summed E-state index contributed by atoms with van der Waals surface area (Å²) in [5.41, 5.74) is 5.62. The maximum atomic E-state index is 13.0. The molecule has 0 atom stereocenters. The van der Waals surface area contributed by atoms with E-state index in [1.165, 1.54) is 89.5 Å². The van der Waals surface area contributed by atoms with Crippen molar-refractivity contribution in [2.45, 2.75) is 63.4 Å². The van der Waals surface area contributed by atoms with Crippen LogP contribution in [0.15, 0.2) is 83.1 Å². The molecule has 4 rings (SSSR count). The third-order valence-electron chi connectivity index (χ3n) is 7.47. The molecule has 0 aliphatic rings. The van der Waals surface area contributed by atoms with Gasteiger partial charge in [-0.15, -0.1) is 11.3 Å². The summed E-state index contributed by atoms with van der Waals surface area (Å²) < 4.78 is 27.2. The predicted octanol–water partition coefficient (Wildman–Crippen LogP) is 7.65. The number of hydrogen-bond donors (Lipinski definition) is 1. The Morgan fingerprint density at radius 2 is 1.50 bits per heavy atom. The molecule has 1 N–H and O–H groups in total. The van der Waals surface area contributed by atoms with Gasteiger partial charge in [-0.3, -0.25) is 0 Å². The number of rotatable bonds is 14. The van der Waals surface area contributed by atoms with Crippen LogP contribution in [-0.4, -0.2) is 42.9 Å². The highest BCUT2D eigenvalue weighted by molar-refractivity contribution is 7.89. The van der Waals surface area contributed by atoms with Crippen molar-refractivity contribution in [3.05, 3.63) is 99.9 Å². The lowest BCUT2D eigenvalue weighted by atomic mass is 9.90. The highest BCUT2D eigenvalue weighted by Gasteiger charge is 2.22. The summed E-state index contributed by atoms with van der Waals surface area (Å²) >= 11 is 1.41. The second kappa shape index (κ2) is 14.1. The Balaban J connectivity index is 1.37. The van der Waals surface area contributed by atoms with Crippen molar-refractivity contribution in [1.29, 1.82) is 0 Å². The van der Waals surface area contributed by atoms with Crippen molar-refractivity contribution in [2.75, 3.05) is 19.0 Å². The topological polar surface area (TPSA) is 90.8 Å². The van der Waals surface area contributed by atoms with Crippen LogP contribution >= 0.6 is 11.3 Å². The molecule has 1 heterocycles. The smallest absolute Gasteiger partial charge is 0.335 e. The van der Waals surface area contributed by atoms with Crippen LogP contribution in [0.1, 0.15) is 71.9 Å². The van der Waals surface area contributed by atoms with Crippen LogP contribution in [0.5, 0.6) is 0 Å². The molecule has 0 aliphatic heterocycles. The van der Waals surface area contributed by atoms with E-state index in [0.29, 0.717) is 10.9 Å². The molecule has 0 saturated heterocycles. The number of nitrogens with zero attached hydrogens (tertiary/aromatic N) is 3. The van der Waals surface area contributed by atoms with E-state index in [9.17, 15) is 13.2 Å². The number of thiazole rings is 1. The van der Waals surface area contributed by atoms with Crippen molar-refractivity contribution in [1.82, 2.24) is 9.29 Å². The predicted molar refractivity (Wildman–Crippen MR) is 171 cm³/mol. The van der Waals surface area contributed by atoms with E-state index < -0.39 is 16.0 Å². The Hall–Kier alpha value is -3.53. The fourth-order valence-electron chi connectivity index (χ4n) is 5.06. The van der Waals surface area contributed by atoms with Crippen molar-refractivity contribution in [3.63, 3.8) is 0 Å². The van der Waals surface area contributed by atoms with Gasteiger partial charge < -0.3 is 10.0 Å². The Labute approximate surface area is 253 Å². The summed E-state index contributed by atoms with van der Waals surface area (Å²) in [5.74, 6) is -0.462. The molecular formula is C33H39N3O4S2. The van der Waals surface area contributed by atoms with Crippen LogP contribution in [0.25, 0.3) is 11.3 Å². The van der Waals surface area contributed by atoms with Gasteiger partial charge in [0, 0.05) is 37.3 Å². The van der Waals surface area contributed by atoms with Gasteiger partial charge in [0.1, 0.15) is 5.01 Å². The summed E-state index contributed by atoms with van der Waals surface area (Å²) in [6.45, 7) is 5.41. The maximum Gasteiger partial charge on any atom is 0.335 e. The minimum atomic E-state index is -3.79. The van der Waals surface area contributed by atoms with Crippen LogP contribution in [0.2, 0.25) is 0 Å². The van der Waals surface area contributed by atoms with Gasteiger partial charge in [0.25, 0.3) is 0 Å². The normalized spacial score (nSPS) is 11.8. The molecule has 1 aromatic heterocycles. The summed E-state index contributed by atoms with van der Waals surface area (Å²) in [5, 5.41) is 11.7. The van der Waals surface area contributed by atoms with Gasteiger partial charge >= 0.3 is 5.97 Å². The first-order valence-corrected chi connectivity index (χ1v) is 16.6. The summed E-state index contributed by atoms with van der Waals surface area (Å²) in [4.78, 5) is 18.0. The molecule has 7 nitrogen and oxygen atoms in total. The lowest BCUT2D eigenvalue weighted by molar-refractivity contribution is 0.0696. The average Bonchev–Trinajstić information content (AvgIpc) is 3.46. The first-order chi connectivity index (χ1) is 20.1. The van der Waals surface area contributed by atoms with Crippen molar-refractivity contribution < 1.29 is 18.3 Å². The monoisotopic (exact) mass is 605 g/mol. The average molecular weight is 606 g/mol. The molecular weight excluding hydrogens is 567 g/mol. The van der Waals surface area contributed by atoms with E-state index in [1.807, 2.05) is 5.38 Å². The molecule has 0 fully saturated rings. The standard InChI is InChI=1S/C33H39N3O4S2/c1-5-7-25(8-6-2)26-13-17-29(18-14-26)35(3)21-24-9-11-27(12-10-24)31-23-41-32(34-31)22-36(4)42(39,40)30-19-15-28(16-20-30)33(37)38/h9-20,23,25H,5-8,21-22H2,1-4H3,(H,37,38). The molecule has 0 spiro atoms. The number of carboxylic acid groups (broad SMARTS) is 1. The molecule has 9 heteroatoms. The van der Waals surface area contributed by atoms with Gasteiger partial charge in [-0.1, -0.05) is 63.1 Å². The number of carbonyl (C=O) groups is 1. The molecule has 4 aromatic rings. The number of aromatic nitrogens is 1. The van der Waals surface area contributed by atoms with Gasteiger partial charge in [-0.05, 0) is 66.3 Å². The molecule has 0 amide bonds. The summed E-state index contributed by atoms with van der Waals surface area (Å²) in [6, 6.07) is 22.5. The lowest BCUT2D eigenvalue weighted by Crippen LogP contribution is -2.26. The van der Waals surface area contributed by atoms with Crippen molar-refractivity contribution in [3.8, 4) is 11.3 Å². The van der Waals surface area contributed by atoms with Gasteiger partial charge in [0.05, 0.1) is 22.7 Å². The molecule has 0 bridgehead atoms. The van der Waals surface area contributed by atoms with Crippen LogP contribution < -0.4 is 4.90 Å². The second-order valence-corrected chi connectivity index (χ2v) is 13.6. The van der Waals surface area contributed by atoms with E-state index in [1.54, 1.807) is 0 Å². The zero-order valence-corrected chi connectivity index (χ0v) is 26.3. The highest BCUT2D eigenvalue weighted by atomic mass is 32.2. The lowest BCUT2D eigenvalue weighted by Gasteiger charge is -2.21. The maximum absolute atomic E-state index is 13.0. The third kappa shape index (κ3) is 7.65. The number of sulfonamides is 1. The minimum Gasteiger partial charge on any atom is -0.478 e. The van der Waals surface area contributed by atoms with E-state index in [2.05, 4.69) is 79.3 Å². The Kier molecular flexibility index (Phi) is 10.5. The zero-order valence-electron chi connectivity index (χ0n) is 24.7. The molecule has 222 valence electrons. The minimum absolute atomic E-state index is 0.0378. The molecule has 0 saturated carbocycles. The van der Waals surface area contributed by atoms with E-state index >= 15 is 0 Å². The van der Waals surface area contributed by atoms with Gasteiger partial charge in [-0.2, -0.15) is 4.31 Å². The van der Waals surface area contributed by atoms with E-state index in [0.717, 1.165) is 17.8 Å². The Morgan fingerprint density at radius 1 is 0.881 bits per heavy atom. The SMILES string of the molecule is CCCC(CCC)c1ccc(N(C)Cc2ccc(-c3csc(CN(C)S(=O)(=O)c4ccc(C(=O)O)cc4)n3)cc2)cc1. The highest BCUT2D eigenvalue weighted by Crippen LogP contribution is 2.29. The number of benzene rings is 3. The van der Waals surface area contributed by atoms with E-state index in [4.69, 9.17) is 5.11 Å². The van der Waals surface area contributed by atoms with Crippen LogP contribution in [-0.2, 0) is 23.1 Å². The first-order valence-electron chi connectivity index (χ1n) is 14.3. The zero-order chi connectivity index (χ0) is 30.3. The fourth-order valence-corrected chi connectivity index (χ4v) is 7.13. The van der Waals surface area contributed by atoms with Crippen molar-refractivity contribution in [2.24, 2.45) is 0 Å². The Bertz CT molecular complexity index is 1560. The quantitative estimate of drug-likeness (QED) is 0.159. The number of anilines is 1. The summed E-state index contributed by atoms with van der Waals surface area (Å²) in [7, 11) is -0.183. The number of carboxylic acids is 1. The molecule has 0 unspecified atom stereocenters. The number of hydrogen-bond acceptors (Lipinski definition) is 6. The fraction of sp³-hybridized carbons (Fsp3) is 0.333. The van der Waals surface area contributed by atoms with Crippen molar-refractivity contribution >= 4 is 33.0 Å². The first kappa shape index (κ1) is 31.4. The molecule has 0 radical (unpaired) electrons. The largest absolute Gasteiger partial charge is 0.478 e. The summed E-state index contributed by atoms with van der Waals surface area (Å²) in [6.07, 6.45) is 4.87. The van der Waals surface area contributed by atoms with Gasteiger partial charge in [-0.25, -0.2) is 18.2 Å². The van der Waals surface area contributed by atoms with Crippen LogP contribution in [0.4, 0.5) is 5.69 Å². The third-order valence-corrected chi connectivity index (χ3v) is 10.1. The van der Waals surface area contributed by atoms with Crippen LogP contribution in [0, 0.1) is 0 Å². The van der Waals surface area contributed by atoms with Crippen LogP contribution in [0.3, 0.4) is 0 Å². The van der Waals surface area contributed by atoms with Gasteiger partial charge in [0.15, 0.2) is 0 Å². The van der Waals surface area contributed by atoms with Gasteiger partial charge in [0.2, 0.25) is 10.0 Å². The molecule has 3 aromatic carbocycles. The second-order valence-electron chi connectivity index (χ2n) is 10.6. The molecule has 42 heavy (non-hydrogen) atoms. The Morgan fingerprint density at radius 3 is 2.07 bits per heavy atom. The number of aromatic carboxylic acids is 1.